The number of hydrogen-bond acceptors (Lipinski definition) is 7. The number of hydrogen-bond donors (Lipinski definition) is 1. The molecule has 1 unspecified atom stereocenters. The van der Waals surface area contributed by atoms with Crippen LogP contribution >= 0.6 is 11.8 Å². The molecule has 2 aliphatic rings. The Morgan fingerprint density at radius 1 is 1.32 bits per heavy atom. The number of nitro benzene ring substituents is 1. The lowest BCUT2D eigenvalue weighted by Gasteiger charge is -2.29. The zero-order valence-corrected chi connectivity index (χ0v) is 18.3. The molecule has 1 aromatic carbocycles. The fraction of sp³-hybridized carbons (Fsp3) is 0.350. The zero-order valence-electron chi connectivity index (χ0n) is 17.5. The lowest BCUT2D eigenvalue weighted by Crippen LogP contribution is -2.53. The molecular formula is C20H22N5O5S+. The Hall–Kier alpha value is -3.34. The fourth-order valence-electron chi connectivity index (χ4n) is 3.28. The average Bonchev–Trinajstić information content (AvgIpc) is 2.74. The number of thioether (sulfide) groups is 1. The third-order valence-electron chi connectivity index (χ3n) is 4.98. The van der Waals surface area contributed by atoms with Crippen molar-refractivity contribution in [2.45, 2.75) is 13.8 Å². The first-order chi connectivity index (χ1) is 14.6. The predicted octanol–water partition coefficient (Wildman–Crippen LogP) is 2.51. The van der Waals surface area contributed by atoms with Crippen LogP contribution in [0.15, 0.2) is 39.7 Å². The molecule has 0 radical (unpaired) electrons. The van der Waals surface area contributed by atoms with Crippen molar-refractivity contribution in [2.24, 2.45) is 16.8 Å². The third-order valence-corrected chi connectivity index (χ3v) is 6.17. The van der Waals surface area contributed by atoms with E-state index in [0.29, 0.717) is 16.4 Å². The Bertz CT molecular complexity index is 1060. The molecule has 1 aromatic rings. The number of urea groups is 1. The number of amides is 4. The second-order valence-electron chi connectivity index (χ2n) is 7.40. The smallest absolute Gasteiger partial charge is 0.325 e. The van der Waals surface area contributed by atoms with Crippen molar-refractivity contribution in [1.82, 2.24) is 4.90 Å². The summed E-state index contributed by atoms with van der Waals surface area (Å²) in [4.78, 5) is 54.0. The number of rotatable bonds is 6. The lowest BCUT2D eigenvalue weighted by atomic mass is 9.93. The Morgan fingerprint density at radius 3 is 2.55 bits per heavy atom. The maximum Gasteiger partial charge on any atom is 0.445 e. The minimum atomic E-state index is -0.743. The Morgan fingerprint density at radius 2 is 1.97 bits per heavy atom. The molecule has 1 N–H and O–H groups in total. The Labute approximate surface area is 182 Å². The maximum atomic E-state index is 12.9. The predicted molar refractivity (Wildman–Crippen MR) is 117 cm³/mol. The van der Waals surface area contributed by atoms with E-state index in [2.05, 4.69) is 10.3 Å². The lowest BCUT2D eigenvalue weighted by molar-refractivity contribution is -0.407. The first-order valence-electron chi connectivity index (χ1n) is 9.49. The molecule has 2 heterocycles. The van der Waals surface area contributed by atoms with Crippen molar-refractivity contribution in [3.63, 3.8) is 0 Å². The number of imide groups is 1. The average molecular weight is 444 g/mol. The molecule has 0 saturated carbocycles. The van der Waals surface area contributed by atoms with Crippen molar-refractivity contribution in [3.8, 4) is 0 Å². The summed E-state index contributed by atoms with van der Waals surface area (Å²) < 4.78 is 1.34. The topological polar surface area (TPSA) is 125 Å². The number of nitrogens with one attached hydrogen (secondary N) is 1. The molecular weight excluding hydrogens is 422 g/mol. The highest BCUT2D eigenvalue weighted by Crippen LogP contribution is 2.37. The van der Waals surface area contributed by atoms with E-state index in [-0.39, 0.29) is 29.2 Å². The fourth-order valence-corrected chi connectivity index (χ4v) is 4.47. The standard InChI is InChI=1S/C20H21N5O5S/c1-11(2)14-9-21-18-16(19(27)24(4)20(28)23(18)3)17(14)31-10-15(26)22-12-5-7-13(8-6-12)25(29)30/h5-9,11,16H,10H2,1-4H3/p+1. The van der Waals surface area contributed by atoms with Crippen molar-refractivity contribution in [2.75, 3.05) is 25.2 Å². The Balaban J connectivity index is 1.81. The second kappa shape index (κ2) is 8.80. The molecule has 2 aliphatic heterocycles. The number of allylic oxidation sites excluding steroid dienone is 1. The molecule has 4 amide bonds. The van der Waals surface area contributed by atoms with Gasteiger partial charge in [-0.25, -0.2) is 4.79 Å². The van der Waals surface area contributed by atoms with E-state index in [1.807, 2.05) is 13.8 Å². The van der Waals surface area contributed by atoms with Crippen LogP contribution in [0.3, 0.4) is 0 Å². The first-order valence-corrected chi connectivity index (χ1v) is 10.5. The molecule has 0 spiro atoms. The number of nitrogens with zero attached hydrogens (tertiary/aromatic N) is 4. The van der Waals surface area contributed by atoms with Crippen LogP contribution in [-0.2, 0) is 9.59 Å². The number of carbonyl (C=O) groups is 3. The maximum absolute atomic E-state index is 12.9. The SMILES string of the molecule is CC(C)C1=C(SCC(=O)Nc2ccc([N+](=O)[O-])cc2)C2C(=O)N(C)C(=O)[N+](C)=C2N=C1. The summed E-state index contributed by atoms with van der Waals surface area (Å²) in [7, 11) is 2.99. The van der Waals surface area contributed by atoms with E-state index >= 15 is 0 Å². The Kier molecular flexibility index (Phi) is 6.34. The molecule has 31 heavy (non-hydrogen) atoms. The molecule has 0 saturated heterocycles. The molecule has 11 heteroatoms. The van der Waals surface area contributed by atoms with E-state index < -0.39 is 16.9 Å². The number of non-ortho nitro benzene ring substituents is 1. The van der Waals surface area contributed by atoms with Gasteiger partial charge in [0.25, 0.3) is 11.5 Å². The van der Waals surface area contributed by atoms with Crippen molar-refractivity contribution < 1.29 is 23.9 Å². The summed E-state index contributed by atoms with van der Waals surface area (Å²) >= 11 is 1.23. The van der Waals surface area contributed by atoms with Crippen LogP contribution in [0.4, 0.5) is 16.2 Å². The van der Waals surface area contributed by atoms with Crippen LogP contribution in [-0.4, -0.2) is 64.1 Å². The number of fused-ring (bicyclic) bond motifs is 1. The summed E-state index contributed by atoms with van der Waals surface area (Å²) in [6, 6.07) is 5.08. The van der Waals surface area contributed by atoms with Crippen molar-refractivity contribution in [1.29, 1.82) is 0 Å². The van der Waals surface area contributed by atoms with Crippen molar-refractivity contribution in [3.05, 3.63) is 44.9 Å². The van der Waals surface area contributed by atoms with Crippen LogP contribution in [0.2, 0.25) is 0 Å². The summed E-state index contributed by atoms with van der Waals surface area (Å²) in [5.41, 5.74) is 1.21. The molecule has 10 nitrogen and oxygen atoms in total. The van der Waals surface area contributed by atoms with E-state index in [1.165, 1.54) is 47.7 Å². The van der Waals surface area contributed by atoms with E-state index in [1.54, 1.807) is 13.3 Å². The molecule has 3 rings (SSSR count). The van der Waals surface area contributed by atoms with Gasteiger partial charge < -0.3 is 5.32 Å². The summed E-state index contributed by atoms with van der Waals surface area (Å²) in [5.74, 6) is -1.02. The van der Waals surface area contributed by atoms with Gasteiger partial charge in [-0.15, -0.1) is 16.8 Å². The van der Waals surface area contributed by atoms with Crippen LogP contribution < -0.4 is 5.32 Å². The number of dihydropyridines is 1. The van der Waals surface area contributed by atoms with Gasteiger partial charge in [-0.05, 0) is 18.1 Å². The molecule has 0 fully saturated rings. The number of aliphatic imine (C=N–C) groups is 1. The summed E-state index contributed by atoms with van der Waals surface area (Å²) in [5, 5.41) is 13.4. The van der Waals surface area contributed by atoms with Gasteiger partial charge in [0.2, 0.25) is 5.91 Å². The number of nitro groups is 1. The number of amidine groups is 1. The van der Waals surface area contributed by atoms with Gasteiger partial charge in [0.05, 0.1) is 24.8 Å². The highest BCUT2D eigenvalue weighted by molar-refractivity contribution is 8.03. The highest BCUT2D eigenvalue weighted by Gasteiger charge is 2.48. The van der Waals surface area contributed by atoms with Crippen LogP contribution in [0.25, 0.3) is 0 Å². The van der Waals surface area contributed by atoms with Gasteiger partial charge in [0, 0.05) is 28.3 Å². The van der Waals surface area contributed by atoms with Crippen molar-refractivity contribution >= 4 is 53.0 Å². The minimum Gasteiger partial charge on any atom is -0.325 e. The number of carbonyl (C=O) groups excluding carboxylic acids is 3. The van der Waals surface area contributed by atoms with Gasteiger partial charge in [-0.1, -0.05) is 13.8 Å². The molecule has 0 aromatic heterocycles. The molecule has 162 valence electrons. The van der Waals surface area contributed by atoms with Gasteiger partial charge in [0.1, 0.15) is 6.21 Å². The highest BCUT2D eigenvalue weighted by atomic mass is 32.2. The van der Waals surface area contributed by atoms with Gasteiger partial charge in [-0.2, -0.15) is 9.48 Å². The zero-order chi connectivity index (χ0) is 22.9. The van der Waals surface area contributed by atoms with E-state index in [9.17, 15) is 24.5 Å². The molecule has 0 aliphatic carbocycles. The van der Waals surface area contributed by atoms with E-state index in [4.69, 9.17) is 0 Å². The van der Waals surface area contributed by atoms with Crippen LogP contribution in [0, 0.1) is 22.0 Å². The van der Waals surface area contributed by atoms with Crippen LogP contribution in [0.1, 0.15) is 13.8 Å². The first kappa shape index (κ1) is 22.3. The number of anilines is 1. The monoisotopic (exact) mass is 444 g/mol. The third kappa shape index (κ3) is 4.41. The van der Waals surface area contributed by atoms with Gasteiger partial charge in [-0.3, -0.25) is 19.7 Å². The molecule has 1 atom stereocenters. The second-order valence-corrected chi connectivity index (χ2v) is 8.42. The molecule has 0 bridgehead atoms. The van der Waals surface area contributed by atoms with E-state index in [0.717, 1.165) is 10.5 Å². The van der Waals surface area contributed by atoms with Crippen LogP contribution in [0.5, 0.6) is 0 Å². The normalized spacial score (nSPS) is 18.6. The largest absolute Gasteiger partial charge is 0.445 e. The quantitative estimate of drug-likeness (QED) is 0.408. The van der Waals surface area contributed by atoms with Gasteiger partial charge in [0.15, 0.2) is 5.92 Å². The number of benzene rings is 1. The summed E-state index contributed by atoms with van der Waals surface area (Å²) in [6.07, 6.45) is 1.65. The summed E-state index contributed by atoms with van der Waals surface area (Å²) in [6.45, 7) is 3.94. The van der Waals surface area contributed by atoms with Gasteiger partial charge >= 0.3 is 11.9 Å². The minimum absolute atomic E-state index is 0.0226.